The van der Waals surface area contributed by atoms with Crippen molar-refractivity contribution >= 4 is 5.91 Å². The molecule has 2 N–H and O–H groups in total. The predicted molar refractivity (Wildman–Crippen MR) is 112 cm³/mol. The lowest BCUT2D eigenvalue weighted by molar-refractivity contribution is 0.0951. The number of benzene rings is 2. The van der Waals surface area contributed by atoms with Crippen LogP contribution in [0.1, 0.15) is 21.5 Å². The van der Waals surface area contributed by atoms with Gasteiger partial charge in [-0.25, -0.2) is 4.79 Å². The maximum absolute atomic E-state index is 12.8. The molecule has 0 spiro atoms. The molecule has 0 unspecified atom stereocenters. The number of carbonyl (C=O) groups excluding carboxylic acids is 1. The van der Waals surface area contributed by atoms with Gasteiger partial charge in [0.15, 0.2) is 11.5 Å². The summed E-state index contributed by atoms with van der Waals surface area (Å²) in [6, 6.07) is 12.7. The summed E-state index contributed by atoms with van der Waals surface area (Å²) in [5.41, 5.74) is 0.260. The second-order valence-corrected chi connectivity index (χ2v) is 6.94. The zero-order valence-electron chi connectivity index (χ0n) is 16.8. The second kappa shape index (κ2) is 8.78. The molecule has 2 heterocycles. The van der Waals surface area contributed by atoms with Gasteiger partial charge in [-0.1, -0.05) is 18.2 Å². The first kappa shape index (κ1) is 20.3. The normalized spacial score (nSPS) is 11.9. The number of rotatable bonds is 7. The van der Waals surface area contributed by atoms with E-state index in [0.29, 0.717) is 30.0 Å². The van der Waals surface area contributed by atoms with E-state index in [2.05, 4.69) is 10.3 Å². The Labute approximate surface area is 177 Å². The number of aromatic nitrogens is 2. The Kier molecular flexibility index (Phi) is 5.74. The zero-order chi connectivity index (χ0) is 21.8. The van der Waals surface area contributed by atoms with E-state index >= 15 is 0 Å². The standard InChI is InChI=1S/C22H21N3O6/c1-29-16-4-2-3-14(9-16)7-8-23-20(26)17-11-24-22(28)25(21(17)27)12-15-5-6-18-19(10-15)31-13-30-18/h2-6,9-11H,7-8,12-13H2,1H3,(H,23,26)(H,24,28). The molecule has 1 amide bonds. The van der Waals surface area contributed by atoms with Crippen molar-refractivity contribution in [3.8, 4) is 17.2 Å². The Hall–Kier alpha value is -4.01. The molecule has 0 saturated heterocycles. The minimum Gasteiger partial charge on any atom is -0.497 e. The van der Waals surface area contributed by atoms with Crippen LogP contribution in [0.15, 0.2) is 58.3 Å². The van der Waals surface area contributed by atoms with Crippen LogP contribution >= 0.6 is 0 Å². The van der Waals surface area contributed by atoms with E-state index in [4.69, 9.17) is 14.2 Å². The third-order valence-corrected chi connectivity index (χ3v) is 4.92. The van der Waals surface area contributed by atoms with Gasteiger partial charge < -0.3 is 24.5 Å². The highest BCUT2D eigenvalue weighted by molar-refractivity contribution is 5.93. The van der Waals surface area contributed by atoms with Crippen LogP contribution in [0.3, 0.4) is 0 Å². The molecule has 0 bridgehead atoms. The van der Waals surface area contributed by atoms with Crippen molar-refractivity contribution in [2.45, 2.75) is 13.0 Å². The van der Waals surface area contributed by atoms with Crippen LogP contribution in [0.5, 0.6) is 17.2 Å². The van der Waals surface area contributed by atoms with Crippen LogP contribution in [-0.4, -0.2) is 35.9 Å². The van der Waals surface area contributed by atoms with Crippen molar-refractivity contribution in [2.24, 2.45) is 0 Å². The molecule has 3 aromatic rings. The Morgan fingerprint density at radius 1 is 1.13 bits per heavy atom. The maximum atomic E-state index is 12.8. The van der Waals surface area contributed by atoms with E-state index in [-0.39, 0.29) is 18.9 Å². The summed E-state index contributed by atoms with van der Waals surface area (Å²) in [7, 11) is 1.59. The van der Waals surface area contributed by atoms with E-state index in [0.717, 1.165) is 22.1 Å². The fraction of sp³-hybridized carbons (Fsp3) is 0.227. The summed E-state index contributed by atoms with van der Waals surface area (Å²) < 4.78 is 16.8. The molecule has 0 atom stereocenters. The number of fused-ring (bicyclic) bond motifs is 1. The van der Waals surface area contributed by atoms with Gasteiger partial charge in [0.25, 0.3) is 11.5 Å². The summed E-state index contributed by atoms with van der Waals surface area (Å²) in [5, 5.41) is 2.72. The third kappa shape index (κ3) is 4.45. The third-order valence-electron chi connectivity index (χ3n) is 4.92. The van der Waals surface area contributed by atoms with Gasteiger partial charge >= 0.3 is 5.69 Å². The van der Waals surface area contributed by atoms with Gasteiger partial charge in [-0.2, -0.15) is 0 Å². The van der Waals surface area contributed by atoms with Crippen LogP contribution in [-0.2, 0) is 13.0 Å². The minimum atomic E-state index is -0.666. The first-order chi connectivity index (χ1) is 15.0. The molecule has 2 aromatic carbocycles. The van der Waals surface area contributed by atoms with E-state index in [1.807, 2.05) is 24.3 Å². The lowest BCUT2D eigenvalue weighted by Crippen LogP contribution is -2.41. The number of nitrogens with zero attached hydrogens (tertiary/aromatic N) is 1. The summed E-state index contributed by atoms with van der Waals surface area (Å²) in [5.74, 6) is 1.34. The molecule has 4 rings (SSSR count). The number of aromatic amines is 1. The Morgan fingerprint density at radius 3 is 2.81 bits per heavy atom. The van der Waals surface area contributed by atoms with Crippen molar-refractivity contribution in [1.29, 1.82) is 0 Å². The Morgan fingerprint density at radius 2 is 1.97 bits per heavy atom. The maximum Gasteiger partial charge on any atom is 0.328 e. The molecule has 1 aliphatic heterocycles. The van der Waals surface area contributed by atoms with Crippen molar-refractivity contribution in [1.82, 2.24) is 14.9 Å². The molecule has 160 valence electrons. The average molecular weight is 423 g/mol. The average Bonchev–Trinajstić information content (AvgIpc) is 3.24. The van der Waals surface area contributed by atoms with Gasteiger partial charge in [-0.05, 0) is 41.8 Å². The summed E-state index contributed by atoms with van der Waals surface area (Å²) in [6.45, 7) is 0.452. The molecule has 1 aromatic heterocycles. The first-order valence-electron chi connectivity index (χ1n) is 9.67. The highest BCUT2D eigenvalue weighted by atomic mass is 16.7. The van der Waals surface area contributed by atoms with Crippen molar-refractivity contribution in [2.75, 3.05) is 20.4 Å². The summed E-state index contributed by atoms with van der Waals surface area (Å²) in [4.78, 5) is 40.0. The van der Waals surface area contributed by atoms with Gasteiger partial charge in [0, 0.05) is 12.7 Å². The molecule has 1 aliphatic rings. The number of hydrogen-bond acceptors (Lipinski definition) is 6. The van der Waals surface area contributed by atoms with Crippen molar-refractivity contribution in [3.63, 3.8) is 0 Å². The van der Waals surface area contributed by atoms with Gasteiger partial charge in [0.2, 0.25) is 6.79 Å². The van der Waals surface area contributed by atoms with Gasteiger partial charge in [0.05, 0.1) is 13.7 Å². The number of carbonyl (C=O) groups is 1. The number of nitrogens with one attached hydrogen (secondary N) is 2. The Bertz CT molecular complexity index is 1230. The molecule has 0 saturated carbocycles. The monoisotopic (exact) mass is 423 g/mol. The van der Waals surface area contributed by atoms with Crippen LogP contribution < -0.4 is 30.8 Å². The van der Waals surface area contributed by atoms with Crippen molar-refractivity contribution in [3.05, 3.63) is 86.2 Å². The van der Waals surface area contributed by atoms with Gasteiger partial charge in [-0.3, -0.25) is 14.2 Å². The van der Waals surface area contributed by atoms with Crippen LogP contribution in [0.4, 0.5) is 0 Å². The molecule has 0 radical (unpaired) electrons. The molecule has 0 fully saturated rings. The van der Waals surface area contributed by atoms with Gasteiger partial charge in [0.1, 0.15) is 11.3 Å². The SMILES string of the molecule is COc1cccc(CCNC(=O)c2c[nH]c(=O)n(Cc3ccc4c(c3)OCO4)c2=O)c1. The fourth-order valence-electron chi connectivity index (χ4n) is 3.28. The lowest BCUT2D eigenvalue weighted by Gasteiger charge is -2.09. The zero-order valence-corrected chi connectivity index (χ0v) is 16.8. The summed E-state index contributed by atoms with van der Waals surface area (Å²) >= 11 is 0. The Balaban J connectivity index is 1.47. The van der Waals surface area contributed by atoms with Crippen LogP contribution in [0.2, 0.25) is 0 Å². The smallest absolute Gasteiger partial charge is 0.328 e. The fourth-order valence-corrected chi connectivity index (χ4v) is 3.28. The van der Waals surface area contributed by atoms with E-state index in [1.165, 1.54) is 0 Å². The molecular weight excluding hydrogens is 402 g/mol. The number of ether oxygens (including phenoxy) is 3. The molecular formula is C22H21N3O6. The van der Waals surface area contributed by atoms with E-state index in [9.17, 15) is 14.4 Å². The highest BCUT2D eigenvalue weighted by Gasteiger charge is 2.17. The van der Waals surface area contributed by atoms with E-state index < -0.39 is 17.2 Å². The van der Waals surface area contributed by atoms with Crippen molar-refractivity contribution < 1.29 is 19.0 Å². The lowest BCUT2D eigenvalue weighted by atomic mass is 10.1. The number of methoxy groups -OCH3 is 1. The molecule has 0 aliphatic carbocycles. The molecule has 31 heavy (non-hydrogen) atoms. The highest BCUT2D eigenvalue weighted by Crippen LogP contribution is 2.32. The predicted octanol–water partition coefficient (Wildman–Crippen LogP) is 1.29. The largest absolute Gasteiger partial charge is 0.497 e. The quantitative estimate of drug-likeness (QED) is 0.593. The number of amides is 1. The number of H-pyrrole nitrogens is 1. The molecule has 9 nitrogen and oxygen atoms in total. The minimum absolute atomic E-state index is 0.00423. The van der Waals surface area contributed by atoms with Crippen LogP contribution in [0, 0.1) is 0 Å². The first-order valence-corrected chi connectivity index (χ1v) is 9.67. The van der Waals surface area contributed by atoms with E-state index in [1.54, 1.807) is 25.3 Å². The van der Waals surface area contributed by atoms with Gasteiger partial charge in [-0.15, -0.1) is 0 Å². The van der Waals surface area contributed by atoms with Crippen LogP contribution in [0.25, 0.3) is 0 Å². The molecule has 9 heteroatoms. The second-order valence-electron chi connectivity index (χ2n) is 6.94. The number of hydrogen-bond donors (Lipinski definition) is 2. The summed E-state index contributed by atoms with van der Waals surface area (Å²) in [6.07, 6.45) is 1.71. The topological polar surface area (TPSA) is 112 Å².